The Morgan fingerprint density at radius 2 is 1.42 bits per heavy atom. The molecule has 4 heteroatoms. The van der Waals surface area contributed by atoms with E-state index < -0.39 is 0 Å². The summed E-state index contributed by atoms with van der Waals surface area (Å²) < 4.78 is 5.17. The molecule has 0 radical (unpaired) electrons. The summed E-state index contributed by atoms with van der Waals surface area (Å²) in [6.07, 6.45) is 2.30. The fraction of sp³-hybridized carbons (Fsp3) is 0.182. The monoisotopic (exact) mass is 350 g/mol. The fourth-order valence-corrected chi connectivity index (χ4v) is 3.11. The van der Waals surface area contributed by atoms with Gasteiger partial charge in [0.1, 0.15) is 11.5 Å². The highest BCUT2D eigenvalue weighted by molar-refractivity contribution is 5.43. The topological polar surface area (TPSA) is 69.9 Å². The lowest BCUT2D eigenvalue weighted by Crippen LogP contribution is -1.99. The SMILES string of the molecule is COc1cc(CCc2ccccc2Cc2cc(O)cc(O)c2)ccc1O. The van der Waals surface area contributed by atoms with E-state index in [4.69, 9.17) is 4.74 Å². The third-order valence-electron chi connectivity index (χ3n) is 4.40. The van der Waals surface area contributed by atoms with Crippen molar-refractivity contribution in [2.45, 2.75) is 19.3 Å². The average Bonchev–Trinajstić information content (AvgIpc) is 2.61. The van der Waals surface area contributed by atoms with Crippen LogP contribution in [0.2, 0.25) is 0 Å². The summed E-state index contributed by atoms with van der Waals surface area (Å²) >= 11 is 0. The summed E-state index contributed by atoms with van der Waals surface area (Å²) in [6, 6.07) is 18.2. The van der Waals surface area contributed by atoms with E-state index in [0.29, 0.717) is 12.2 Å². The Balaban J connectivity index is 1.77. The molecular weight excluding hydrogens is 328 g/mol. The maximum Gasteiger partial charge on any atom is 0.160 e. The van der Waals surface area contributed by atoms with Crippen LogP contribution >= 0.6 is 0 Å². The van der Waals surface area contributed by atoms with E-state index in [9.17, 15) is 15.3 Å². The van der Waals surface area contributed by atoms with Gasteiger partial charge in [-0.3, -0.25) is 0 Å². The Hall–Kier alpha value is -3.14. The predicted molar refractivity (Wildman–Crippen MR) is 101 cm³/mol. The summed E-state index contributed by atoms with van der Waals surface area (Å²) in [4.78, 5) is 0. The van der Waals surface area contributed by atoms with Crippen molar-refractivity contribution in [1.29, 1.82) is 0 Å². The molecule has 0 spiro atoms. The molecule has 3 aromatic carbocycles. The van der Waals surface area contributed by atoms with Crippen molar-refractivity contribution in [3.05, 3.63) is 82.9 Å². The van der Waals surface area contributed by atoms with Gasteiger partial charge in [0.25, 0.3) is 0 Å². The zero-order valence-corrected chi connectivity index (χ0v) is 14.6. The number of benzene rings is 3. The zero-order valence-electron chi connectivity index (χ0n) is 14.6. The molecule has 3 rings (SSSR count). The van der Waals surface area contributed by atoms with Crippen LogP contribution in [0.3, 0.4) is 0 Å². The largest absolute Gasteiger partial charge is 0.508 e. The van der Waals surface area contributed by atoms with Gasteiger partial charge >= 0.3 is 0 Å². The molecule has 0 aromatic heterocycles. The third kappa shape index (κ3) is 4.28. The number of phenols is 3. The van der Waals surface area contributed by atoms with Crippen LogP contribution in [-0.4, -0.2) is 22.4 Å². The molecular formula is C22H22O4. The highest BCUT2D eigenvalue weighted by Crippen LogP contribution is 2.28. The number of rotatable bonds is 6. The second kappa shape index (κ2) is 7.83. The van der Waals surface area contributed by atoms with Gasteiger partial charge in [-0.25, -0.2) is 0 Å². The van der Waals surface area contributed by atoms with Gasteiger partial charge in [-0.1, -0.05) is 30.3 Å². The zero-order chi connectivity index (χ0) is 18.5. The molecule has 0 atom stereocenters. The quantitative estimate of drug-likeness (QED) is 0.623. The lowest BCUT2D eigenvalue weighted by Gasteiger charge is -2.11. The first-order valence-electron chi connectivity index (χ1n) is 8.49. The number of phenolic OH excluding ortho intramolecular Hbond substituents is 3. The smallest absolute Gasteiger partial charge is 0.160 e. The first-order chi connectivity index (χ1) is 12.5. The van der Waals surface area contributed by atoms with Crippen LogP contribution < -0.4 is 4.74 Å². The first kappa shape index (κ1) is 17.7. The molecule has 3 aromatic rings. The molecule has 0 bridgehead atoms. The van der Waals surface area contributed by atoms with E-state index in [1.54, 1.807) is 25.3 Å². The second-order valence-electron chi connectivity index (χ2n) is 6.31. The van der Waals surface area contributed by atoms with Gasteiger partial charge < -0.3 is 20.1 Å². The third-order valence-corrected chi connectivity index (χ3v) is 4.40. The van der Waals surface area contributed by atoms with E-state index >= 15 is 0 Å². The van der Waals surface area contributed by atoms with E-state index in [1.807, 2.05) is 24.3 Å². The highest BCUT2D eigenvalue weighted by Gasteiger charge is 2.08. The summed E-state index contributed by atoms with van der Waals surface area (Å²) in [7, 11) is 1.54. The maximum atomic E-state index is 9.71. The van der Waals surface area contributed by atoms with Crippen molar-refractivity contribution in [3.8, 4) is 23.0 Å². The number of hydrogen-bond donors (Lipinski definition) is 3. The van der Waals surface area contributed by atoms with Crippen molar-refractivity contribution >= 4 is 0 Å². The Labute approximate surface area is 153 Å². The van der Waals surface area contributed by atoms with Crippen LogP contribution in [0.5, 0.6) is 23.0 Å². The minimum Gasteiger partial charge on any atom is -0.508 e. The van der Waals surface area contributed by atoms with Crippen LogP contribution in [0.1, 0.15) is 22.3 Å². The lowest BCUT2D eigenvalue weighted by molar-refractivity contribution is 0.373. The van der Waals surface area contributed by atoms with Gasteiger partial charge in [0.15, 0.2) is 11.5 Å². The number of ether oxygens (including phenoxy) is 1. The number of methoxy groups -OCH3 is 1. The molecule has 0 fully saturated rings. The Bertz CT molecular complexity index is 882. The Morgan fingerprint density at radius 1 is 0.731 bits per heavy atom. The molecule has 0 aliphatic rings. The minimum absolute atomic E-state index is 0.0636. The molecule has 0 saturated carbocycles. The van der Waals surface area contributed by atoms with Crippen LogP contribution in [0, 0.1) is 0 Å². The molecule has 0 unspecified atom stereocenters. The summed E-state index contributed by atoms with van der Waals surface area (Å²) in [5.74, 6) is 0.744. The molecule has 0 aliphatic carbocycles. The van der Waals surface area contributed by atoms with Gasteiger partial charge in [-0.15, -0.1) is 0 Å². The minimum atomic E-state index is 0.0636. The predicted octanol–water partition coefficient (Wildman–Crippen LogP) is 4.19. The summed E-state index contributed by atoms with van der Waals surface area (Å²) in [5.41, 5.74) is 4.32. The van der Waals surface area contributed by atoms with Gasteiger partial charge in [-0.05, 0) is 65.8 Å². The molecule has 3 N–H and O–H groups in total. The van der Waals surface area contributed by atoms with Gasteiger partial charge in [0.05, 0.1) is 7.11 Å². The van der Waals surface area contributed by atoms with Crippen molar-refractivity contribution < 1.29 is 20.1 Å². The molecule has 0 amide bonds. The highest BCUT2D eigenvalue weighted by atomic mass is 16.5. The van der Waals surface area contributed by atoms with E-state index in [-0.39, 0.29) is 17.2 Å². The van der Waals surface area contributed by atoms with Crippen molar-refractivity contribution in [2.24, 2.45) is 0 Å². The van der Waals surface area contributed by atoms with Crippen LogP contribution in [0.15, 0.2) is 60.7 Å². The maximum absolute atomic E-state index is 9.71. The Kier molecular flexibility index (Phi) is 5.32. The van der Waals surface area contributed by atoms with Gasteiger partial charge in [0.2, 0.25) is 0 Å². The summed E-state index contributed by atoms with van der Waals surface area (Å²) in [6.45, 7) is 0. The van der Waals surface area contributed by atoms with Crippen LogP contribution in [-0.2, 0) is 19.3 Å². The normalized spacial score (nSPS) is 10.7. The number of aryl methyl sites for hydroxylation is 2. The first-order valence-corrected chi connectivity index (χ1v) is 8.49. The van der Waals surface area contributed by atoms with E-state index in [2.05, 4.69) is 12.1 Å². The molecule has 0 saturated heterocycles. The fourth-order valence-electron chi connectivity index (χ4n) is 3.11. The second-order valence-corrected chi connectivity index (χ2v) is 6.31. The molecule has 0 heterocycles. The van der Waals surface area contributed by atoms with Crippen molar-refractivity contribution in [2.75, 3.05) is 7.11 Å². The van der Waals surface area contributed by atoms with E-state index in [1.165, 1.54) is 11.6 Å². The van der Waals surface area contributed by atoms with Crippen molar-refractivity contribution in [1.82, 2.24) is 0 Å². The standard InChI is InChI=1S/C22H22O4/c1-26-22-13-15(7-9-21(22)25)6-8-17-4-2-3-5-18(17)10-16-11-19(23)14-20(24)12-16/h2-5,7,9,11-14,23-25H,6,8,10H2,1H3. The summed E-state index contributed by atoms with van der Waals surface area (Å²) in [5, 5.41) is 29.1. The molecule has 4 nitrogen and oxygen atoms in total. The van der Waals surface area contributed by atoms with E-state index in [0.717, 1.165) is 29.5 Å². The van der Waals surface area contributed by atoms with Gasteiger partial charge in [-0.2, -0.15) is 0 Å². The molecule has 26 heavy (non-hydrogen) atoms. The lowest BCUT2D eigenvalue weighted by atomic mass is 9.95. The van der Waals surface area contributed by atoms with Crippen LogP contribution in [0.4, 0.5) is 0 Å². The Morgan fingerprint density at radius 3 is 2.12 bits per heavy atom. The van der Waals surface area contributed by atoms with Crippen molar-refractivity contribution in [3.63, 3.8) is 0 Å². The number of hydrogen-bond acceptors (Lipinski definition) is 4. The van der Waals surface area contributed by atoms with Gasteiger partial charge in [0, 0.05) is 6.07 Å². The number of aromatic hydroxyl groups is 3. The van der Waals surface area contributed by atoms with Crippen LogP contribution in [0.25, 0.3) is 0 Å². The molecule has 0 aliphatic heterocycles. The average molecular weight is 350 g/mol. The molecule has 134 valence electrons.